The lowest BCUT2D eigenvalue weighted by Crippen LogP contribution is -2.09. The SMILES string of the molecule is C=C[C@@](C)(/C=C/c1ccc(OC(=O)c2cn(-c3ccc(Cl)cc3)nn2)cc1)CCC=C(C)C. The van der Waals surface area contributed by atoms with E-state index >= 15 is 0 Å². The normalized spacial score (nSPS) is 12.8. The summed E-state index contributed by atoms with van der Waals surface area (Å²) < 4.78 is 6.94. The summed E-state index contributed by atoms with van der Waals surface area (Å²) in [7, 11) is 0. The van der Waals surface area contributed by atoms with Crippen LogP contribution in [0.25, 0.3) is 11.8 Å². The van der Waals surface area contributed by atoms with Crippen LogP contribution >= 0.6 is 11.6 Å². The number of carbonyl (C=O) groups is 1. The first kappa shape index (κ1) is 24.2. The number of hydrogen-bond donors (Lipinski definition) is 0. The van der Waals surface area contributed by atoms with E-state index in [2.05, 4.69) is 55.9 Å². The van der Waals surface area contributed by atoms with Crippen LogP contribution in [0.1, 0.15) is 49.7 Å². The van der Waals surface area contributed by atoms with Gasteiger partial charge in [0.25, 0.3) is 0 Å². The van der Waals surface area contributed by atoms with Gasteiger partial charge in [0.15, 0.2) is 5.69 Å². The van der Waals surface area contributed by atoms with E-state index in [9.17, 15) is 4.79 Å². The number of carbonyl (C=O) groups excluding carboxylic acids is 1. The van der Waals surface area contributed by atoms with E-state index in [1.807, 2.05) is 18.2 Å². The van der Waals surface area contributed by atoms with Gasteiger partial charge < -0.3 is 4.74 Å². The molecule has 0 aliphatic rings. The molecule has 1 atom stereocenters. The quantitative estimate of drug-likeness (QED) is 0.194. The second-order valence-electron chi connectivity index (χ2n) is 8.35. The number of nitrogens with zero attached hydrogens (tertiary/aromatic N) is 3. The van der Waals surface area contributed by atoms with Crippen LogP contribution in [-0.4, -0.2) is 21.0 Å². The Morgan fingerprint density at radius 1 is 1.15 bits per heavy atom. The Morgan fingerprint density at radius 2 is 1.85 bits per heavy atom. The Balaban J connectivity index is 1.61. The highest BCUT2D eigenvalue weighted by Crippen LogP contribution is 2.28. The van der Waals surface area contributed by atoms with Gasteiger partial charge in [-0.15, -0.1) is 11.7 Å². The Labute approximate surface area is 200 Å². The molecule has 0 unspecified atom stereocenters. The van der Waals surface area contributed by atoms with Crippen molar-refractivity contribution in [3.63, 3.8) is 0 Å². The van der Waals surface area contributed by atoms with Crippen LogP contribution in [0.3, 0.4) is 0 Å². The van der Waals surface area contributed by atoms with E-state index in [0.29, 0.717) is 10.8 Å². The van der Waals surface area contributed by atoms with Gasteiger partial charge in [0.1, 0.15) is 5.75 Å². The van der Waals surface area contributed by atoms with Crippen LogP contribution in [0, 0.1) is 5.41 Å². The maximum atomic E-state index is 12.5. The van der Waals surface area contributed by atoms with Crippen molar-refractivity contribution in [2.45, 2.75) is 33.6 Å². The molecular formula is C27H28ClN3O2. The minimum Gasteiger partial charge on any atom is -0.422 e. The number of halogens is 1. The number of ether oxygens (including phenoxy) is 1. The third-order valence-corrected chi connectivity index (χ3v) is 5.49. The fourth-order valence-corrected chi connectivity index (χ4v) is 3.22. The minimum atomic E-state index is -0.572. The predicted molar refractivity (Wildman–Crippen MR) is 134 cm³/mol. The average molecular weight is 462 g/mol. The smallest absolute Gasteiger partial charge is 0.365 e. The first-order chi connectivity index (χ1) is 15.8. The molecular weight excluding hydrogens is 434 g/mol. The molecule has 5 nitrogen and oxygen atoms in total. The standard InChI is InChI=1S/C27H28ClN3O2/c1-5-27(4,17-6-7-20(2)3)18-16-21-8-14-24(15-9-21)33-26(32)25-19-31(30-29-25)23-12-10-22(28)11-13-23/h5,7-16,18-19H,1,6,17H2,2-4H3/b18-16+/t27-/m1/s1. The summed E-state index contributed by atoms with van der Waals surface area (Å²) in [5.74, 6) is -0.134. The monoisotopic (exact) mass is 461 g/mol. The summed E-state index contributed by atoms with van der Waals surface area (Å²) in [4.78, 5) is 12.5. The van der Waals surface area contributed by atoms with Crippen molar-refractivity contribution in [2.24, 2.45) is 5.41 Å². The van der Waals surface area contributed by atoms with Gasteiger partial charge in [-0.3, -0.25) is 0 Å². The summed E-state index contributed by atoms with van der Waals surface area (Å²) in [6.45, 7) is 10.4. The second-order valence-corrected chi connectivity index (χ2v) is 8.78. The predicted octanol–water partition coefficient (Wildman–Crippen LogP) is 7.09. The number of benzene rings is 2. The van der Waals surface area contributed by atoms with Gasteiger partial charge in [-0.1, -0.05) is 65.7 Å². The Bertz CT molecular complexity index is 1160. The first-order valence-electron chi connectivity index (χ1n) is 10.7. The van der Waals surface area contributed by atoms with Crippen LogP contribution in [0.5, 0.6) is 5.75 Å². The van der Waals surface area contributed by atoms with E-state index in [4.69, 9.17) is 16.3 Å². The number of allylic oxidation sites excluding steroid dienone is 4. The second kappa shape index (κ2) is 10.9. The number of rotatable bonds is 9. The van der Waals surface area contributed by atoms with Gasteiger partial charge in [-0.25, -0.2) is 9.48 Å². The van der Waals surface area contributed by atoms with E-state index in [1.54, 1.807) is 36.4 Å². The number of esters is 1. The lowest BCUT2D eigenvalue weighted by molar-refractivity contribution is 0.0728. The fraction of sp³-hybridized carbons (Fsp3) is 0.222. The zero-order chi connectivity index (χ0) is 23.8. The number of hydrogen-bond acceptors (Lipinski definition) is 4. The highest BCUT2D eigenvalue weighted by atomic mass is 35.5. The van der Waals surface area contributed by atoms with Crippen molar-refractivity contribution in [1.82, 2.24) is 15.0 Å². The molecule has 0 fully saturated rings. The zero-order valence-electron chi connectivity index (χ0n) is 19.2. The molecule has 0 N–H and O–H groups in total. The molecule has 3 aromatic rings. The van der Waals surface area contributed by atoms with Gasteiger partial charge in [0, 0.05) is 10.4 Å². The van der Waals surface area contributed by atoms with Crippen LogP contribution in [-0.2, 0) is 0 Å². The third-order valence-electron chi connectivity index (χ3n) is 5.24. The maximum absolute atomic E-state index is 12.5. The van der Waals surface area contributed by atoms with Crippen molar-refractivity contribution in [3.05, 3.63) is 101 Å². The highest BCUT2D eigenvalue weighted by molar-refractivity contribution is 6.30. The molecule has 2 aromatic carbocycles. The Kier molecular flexibility index (Phi) is 8.01. The average Bonchev–Trinajstić information content (AvgIpc) is 3.29. The lowest BCUT2D eigenvalue weighted by atomic mass is 9.84. The summed E-state index contributed by atoms with van der Waals surface area (Å²) in [5, 5.41) is 8.51. The molecule has 0 bridgehead atoms. The Morgan fingerprint density at radius 3 is 2.48 bits per heavy atom. The summed E-state index contributed by atoms with van der Waals surface area (Å²) in [6.07, 6.45) is 12.0. The molecule has 0 saturated carbocycles. The van der Waals surface area contributed by atoms with Gasteiger partial charge in [-0.2, -0.15) is 0 Å². The highest BCUT2D eigenvalue weighted by Gasteiger charge is 2.16. The molecule has 6 heteroatoms. The van der Waals surface area contributed by atoms with Gasteiger partial charge in [-0.05, 0) is 68.7 Å². The van der Waals surface area contributed by atoms with Gasteiger partial charge in [0.05, 0.1) is 11.9 Å². The van der Waals surface area contributed by atoms with E-state index in [0.717, 1.165) is 24.1 Å². The molecule has 0 saturated heterocycles. The summed E-state index contributed by atoms with van der Waals surface area (Å²) in [5.41, 5.74) is 3.11. The third kappa shape index (κ3) is 7.02. The van der Waals surface area contributed by atoms with Crippen molar-refractivity contribution in [1.29, 1.82) is 0 Å². The molecule has 0 amide bonds. The van der Waals surface area contributed by atoms with Gasteiger partial charge >= 0.3 is 5.97 Å². The maximum Gasteiger partial charge on any atom is 0.365 e. The molecule has 1 aromatic heterocycles. The lowest BCUT2D eigenvalue weighted by Gasteiger charge is -2.20. The van der Waals surface area contributed by atoms with Crippen LogP contribution in [0.15, 0.2) is 85.1 Å². The van der Waals surface area contributed by atoms with Crippen LogP contribution in [0.2, 0.25) is 5.02 Å². The Hall–Kier alpha value is -3.44. The molecule has 0 aliphatic carbocycles. The van der Waals surface area contributed by atoms with Crippen molar-refractivity contribution >= 4 is 23.6 Å². The molecule has 0 radical (unpaired) electrons. The molecule has 0 aliphatic heterocycles. The number of aromatic nitrogens is 3. The largest absolute Gasteiger partial charge is 0.422 e. The van der Waals surface area contributed by atoms with E-state index in [-0.39, 0.29) is 11.1 Å². The summed E-state index contributed by atoms with van der Waals surface area (Å²) >= 11 is 5.91. The van der Waals surface area contributed by atoms with Crippen LogP contribution in [0.4, 0.5) is 0 Å². The topological polar surface area (TPSA) is 57.0 Å². The fourth-order valence-electron chi connectivity index (χ4n) is 3.10. The van der Waals surface area contributed by atoms with E-state index < -0.39 is 5.97 Å². The van der Waals surface area contributed by atoms with Gasteiger partial charge in [0.2, 0.25) is 0 Å². The molecule has 1 heterocycles. The molecule has 3 rings (SSSR count). The summed E-state index contributed by atoms with van der Waals surface area (Å²) in [6, 6.07) is 14.4. The first-order valence-corrected chi connectivity index (χ1v) is 11.1. The molecule has 170 valence electrons. The van der Waals surface area contributed by atoms with Crippen molar-refractivity contribution in [2.75, 3.05) is 0 Å². The zero-order valence-corrected chi connectivity index (χ0v) is 19.9. The van der Waals surface area contributed by atoms with Crippen molar-refractivity contribution in [3.8, 4) is 11.4 Å². The van der Waals surface area contributed by atoms with E-state index in [1.165, 1.54) is 16.5 Å². The van der Waals surface area contributed by atoms with Crippen LogP contribution < -0.4 is 4.74 Å². The molecule has 33 heavy (non-hydrogen) atoms. The minimum absolute atomic E-state index is 0.0903. The molecule has 0 spiro atoms. The van der Waals surface area contributed by atoms with Crippen molar-refractivity contribution < 1.29 is 9.53 Å².